The molecule has 0 spiro atoms. The summed E-state index contributed by atoms with van der Waals surface area (Å²) in [6.07, 6.45) is 9.52. The van der Waals surface area contributed by atoms with Gasteiger partial charge in [-0.2, -0.15) is 0 Å². The van der Waals surface area contributed by atoms with E-state index >= 15 is 0 Å². The Morgan fingerprint density at radius 1 is 1.09 bits per heavy atom. The fraction of sp³-hybridized carbons (Fsp3) is 0.632. The maximum atomic E-state index is 9.06. The largest absolute Gasteiger partial charge is 0.494 e. The van der Waals surface area contributed by atoms with Crippen molar-refractivity contribution < 1.29 is 14.7 Å². The molecule has 1 aromatic rings. The molecule has 0 aromatic heterocycles. The molecule has 4 heteroatoms. The van der Waals surface area contributed by atoms with E-state index in [4.69, 9.17) is 14.7 Å². The monoisotopic (exact) mass is 319 g/mol. The zero-order chi connectivity index (χ0) is 16.3. The molecule has 0 amide bonds. The molecule has 1 aromatic carbocycles. The van der Waals surface area contributed by atoms with Crippen LogP contribution in [0.25, 0.3) is 0 Å². The van der Waals surface area contributed by atoms with Crippen LogP contribution in [0.5, 0.6) is 5.75 Å². The average molecular weight is 319 g/mol. The third kappa shape index (κ3) is 6.22. The van der Waals surface area contributed by atoms with E-state index in [0.29, 0.717) is 6.42 Å². The van der Waals surface area contributed by atoms with Gasteiger partial charge in [-0.15, -0.1) is 0 Å². The zero-order valence-electron chi connectivity index (χ0n) is 14.2. The van der Waals surface area contributed by atoms with Crippen molar-refractivity contribution >= 4 is 5.71 Å². The minimum absolute atomic E-state index is 0.00659. The van der Waals surface area contributed by atoms with Crippen LogP contribution in [0, 0.1) is 0 Å². The number of rotatable bonds is 11. The molecule has 128 valence electrons. The standard InChI is InChI=1S/C19H29NO3/c1-2-3-4-5-6-7-8-13-22-17-11-9-16(10-12-17)19-14-18(15-21)23-20-19/h9-12,18,21H,2-8,13-15H2,1H3. The second kappa shape index (κ2) is 10.3. The summed E-state index contributed by atoms with van der Waals surface area (Å²) in [4.78, 5) is 5.13. The van der Waals surface area contributed by atoms with Crippen LogP contribution < -0.4 is 4.74 Å². The lowest BCUT2D eigenvalue weighted by molar-refractivity contribution is 0.0390. The van der Waals surface area contributed by atoms with Gasteiger partial charge in [0.05, 0.1) is 18.9 Å². The summed E-state index contributed by atoms with van der Waals surface area (Å²) in [5.74, 6) is 0.901. The molecule has 0 bridgehead atoms. The minimum atomic E-state index is -0.196. The molecule has 0 radical (unpaired) electrons. The van der Waals surface area contributed by atoms with Crippen molar-refractivity contribution in [1.29, 1.82) is 0 Å². The van der Waals surface area contributed by atoms with Crippen LogP contribution in [0.1, 0.15) is 63.9 Å². The van der Waals surface area contributed by atoms with Crippen LogP contribution in [-0.4, -0.2) is 30.1 Å². The fourth-order valence-corrected chi connectivity index (χ4v) is 2.69. The van der Waals surface area contributed by atoms with Crippen molar-refractivity contribution in [3.8, 4) is 5.75 Å². The highest BCUT2D eigenvalue weighted by atomic mass is 16.6. The lowest BCUT2D eigenvalue weighted by Gasteiger charge is -2.07. The summed E-state index contributed by atoms with van der Waals surface area (Å²) >= 11 is 0. The molecule has 0 fully saturated rings. The van der Waals surface area contributed by atoms with Gasteiger partial charge in [-0.05, 0) is 36.2 Å². The number of ether oxygens (including phenoxy) is 1. The first-order chi connectivity index (χ1) is 11.3. The number of hydrogen-bond donors (Lipinski definition) is 1. The fourth-order valence-electron chi connectivity index (χ4n) is 2.69. The van der Waals surface area contributed by atoms with Crippen molar-refractivity contribution in [3.63, 3.8) is 0 Å². The predicted molar refractivity (Wildman–Crippen MR) is 93.0 cm³/mol. The van der Waals surface area contributed by atoms with E-state index in [0.717, 1.165) is 30.1 Å². The Morgan fingerprint density at radius 2 is 1.78 bits per heavy atom. The Morgan fingerprint density at radius 3 is 2.43 bits per heavy atom. The molecule has 1 aliphatic heterocycles. The van der Waals surface area contributed by atoms with Gasteiger partial charge in [-0.1, -0.05) is 50.6 Å². The van der Waals surface area contributed by atoms with Gasteiger partial charge in [0.1, 0.15) is 5.75 Å². The Bertz CT molecular complexity index is 470. The summed E-state index contributed by atoms with van der Waals surface area (Å²) in [6.45, 7) is 3.03. The molecule has 1 atom stereocenters. The highest BCUT2D eigenvalue weighted by Gasteiger charge is 2.20. The van der Waals surface area contributed by atoms with Crippen molar-refractivity contribution in [2.75, 3.05) is 13.2 Å². The van der Waals surface area contributed by atoms with Gasteiger partial charge < -0.3 is 14.7 Å². The quantitative estimate of drug-likeness (QED) is 0.619. The maximum Gasteiger partial charge on any atom is 0.156 e. The molecule has 0 saturated carbocycles. The third-order valence-corrected chi connectivity index (χ3v) is 4.14. The molecule has 1 N–H and O–H groups in total. The van der Waals surface area contributed by atoms with Gasteiger partial charge in [0.15, 0.2) is 6.10 Å². The van der Waals surface area contributed by atoms with Crippen molar-refractivity contribution in [2.24, 2.45) is 5.16 Å². The Hall–Kier alpha value is -1.55. The number of aliphatic hydroxyl groups excluding tert-OH is 1. The minimum Gasteiger partial charge on any atom is -0.494 e. The predicted octanol–water partition coefficient (Wildman–Crippen LogP) is 4.30. The second-order valence-electron chi connectivity index (χ2n) is 6.15. The number of oxime groups is 1. The van der Waals surface area contributed by atoms with Crippen molar-refractivity contribution in [1.82, 2.24) is 0 Å². The second-order valence-corrected chi connectivity index (χ2v) is 6.15. The number of hydrogen-bond acceptors (Lipinski definition) is 4. The van der Waals surface area contributed by atoms with Gasteiger partial charge in [0.25, 0.3) is 0 Å². The summed E-state index contributed by atoms with van der Waals surface area (Å²) in [5.41, 5.74) is 1.92. The van der Waals surface area contributed by atoms with Crippen LogP contribution in [0.3, 0.4) is 0 Å². The zero-order valence-corrected chi connectivity index (χ0v) is 14.2. The number of nitrogens with zero attached hydrogens (tertiary/aromatic N) is 1. The van der Waals surface area contributed by atoms with Gasteiger partial charge >= 0.3 is 0 Å². The van der Waals surface area contributed by atoms with Crippen LogP contribution in [0.4, 0.5) is 0 Å². The van der Waals surface area contributed by atoms with E-state index in [1.165, 1.54) is 38.5 Å². The van der Waals surface area contributed by atoms with Gasteiger partial charge in [-0.3, -0.25) is 0 Å². The van der Waals surface area contributed by atoms with Crippen LogP contribution >= 0.6 is 0 Å². The van der Waals surface area contributed by atoms with Gasteiger partial charge in [0, 0.05) is 6.42 Å². The molecule has 1 unspecified atom stereocenters. The van der Waals surface area contributed by atoms with E-state index in [2.05, 4.69) is 12.1 Å². The summed E-state index contributed by atoms with van der Waals surface area (Å²) in [7, 11) is 0. The smallest absolute Gasteiger partial charge is 0.156 e. The summed E-state index contributed by atoms with van der Waals surface area (Å²) in [5, 5.41) is 13.1. The topological polar surface area (TPSA) is 51.0 Å². The summed E-state index contributed by atoms with van der Waals surface area (Å²) in [6, 6.07) is 7.96. The van der Waals surface area contributed by atoms with E-state index in [9.17, 15) is 0 Å². The van der Waals surface area contributed by atoms with Crippen molar-refractivity contribution in [3.05, 3.63) is 29.8 Å². The number of benzene rings is 1. The molecule has 4 nitrogen and oxygen atoms in total. The van der Waals surface area contributed by atoms with Crippen molar-refractivity contribution in [2.45, 2.75) is 64.4 Å². The van der Waals surface area contributed by atoms with Gasteiger partial charge in [-0.25, -0.2) is 0 Å². The molecule has 1 aliphatic rings. The average Bonchev–Trinajstić information content (AvgIpc) is 3.07. The number of unbranched alkanes of at least 4 members (excludes halogenated alkanes) is 6. The molecular weight excluding hydrogens is 290 g/mol. The van der Waals surface area contributed by atoms with E-state index < -0.39 is 0 Å². The lowest BCUT2D eigenvalue weighted by Crippen LogP contribution is -2.12. The Kier molecular flexibility index (Phi) is 7.95. The first-order valence-electron chi connectivity index (χ1n) is 8.90. The first kappa shape index (κ1) is 17.8. The molecular formula is C19H29NO3. The van der Waals surface area contributed by atoms with Gasteiger partial charge in [0.2, 0.25) is 0 Å². The molecule has 0 aliphatic carbocycles. The van der Waals surface area contributed by atoms with E-state index in [1.807, 2.05) is 24.3 Å². The van der Waals surface area contributed by atoms with E-state index in [-0.39, 0.29) is 12.7 Å². The van der Waals surface area contributed by atoms with Crippen LogP contribution in [-0.2, 0) is 4.84 Å². The molecule has 23 heavy (non-hydrogen) atoms. The highest BCUT2D eigenvalue weighted by molar-refractivity contribution is 6.01. The lowest BCUT2D eigenvalue weighted by atomic mass is 10.1. The van der Waals surface area contributed by atoms with E-state index in [1.54, 1.807) is 0 Å². The third-order valence-electron chi connectivity index (χ3n) is 4.14. The maximum absolute atomic E-state index is 9.06. The highest BCUT2D eigenvalue weighted by Crippen LogP contribution is 2.19. The summed E-state index contributed by atoms with van der Waals surface area (Å²) < 4.78 is 5.78. The SMILES string of the molecule is CCCCCCCCCOc1ccc(C2=NOC(CO)C2)cc1. The Balaban J connectivity index is 1.62. The Labute approximate surface area is 139 Å². The molecule has 2 rings (SSSR count). The van der Waals surface area contributed by atoms with Crippen LogP contribution in [0.2, 0.25) is 0 Å². The number of aliphatic hydroxyl groups is 1. The first-order valence-corrected chi connectivity index (χ1v) is 8.90. The van der Waals surface area contributed by atoms with Crippen LogP contribution in [0.15, 0.2) is 29.4 Å². The normalized spacial score (nSPS) is 17.0. The molecule has 1 heterocycles. The molecule has 0 saturated heterocycles.